The summed E-state index contributed by atoms with van der Waals surface area (Å²) in [5.74, 6) is 0.581. The zero-order valence-corrected chi connectivity index (χ0v) is 7.16. The molecular formula is C10H14O2. The standard InChI is InChI=1S/C10H14O2/c1-2-7-6-8-9(11)4-3-5-10(8)12-7/h2,7-8,10H,1,3-6H2. The Morgan fingerprint density at radius 1 is 1.58 bits per heavy atom. The molecule has 3 atom stereocenters. The lowest BCUT2D eigenvalue weighted by atomic mass is 9.84. The summed E-state index contributed by atoms with van der Waals surface area (Å²) in [7, 11) is 0. The molecule has 2 nitrogen and oxygen atoms in total. The van der Waals surface area contributed by atoms with E-state index >= 15 is 0 Å². The summed E-state index contributed by atoms with van der Waals surface area (Å²) in [4.78, 5) is 11.4. The van der Waals surface area contributed by atoms with Crippen LogP contribution in [-0.4, -0.2) is 18.0 Å². The van der Waals surface area contributed by atoms with Crippen molar-refractivity contribution in [2.45, 2.75) is 37.9 Å². The second-order valence-electron chi connectivity index (χ2n) is 3.65. The van der Waals surface area contributed by atoms with Crippen LogP contribution in [0.2, 0.25) is 0 Å². The molecule has 2 fully saturated rings. The quantitative estimate of drug-likeness (QED) is 0.554. The summed E-state index contributed by atoms with van der Waals surface area (Å²) in [6, 6.07) is 0. The third-order valence-electron chi connectivity index (χ3n) is 2.87. The molecule has 1 aliphatic carbocycles. The van der Waals surface area contributed by atoms with Gasteiger partial charge in [0.1, 0.15) is 5.78 Å². The van der Waals surface area contributed by atoms with E-state index in [0.29, 0.717) is 5.78 Å². The third kappa shape index (κ3) is 1.20. The van der Waals surface area contributed by atoms with Crippen LogP contribution in [0.25, 0.3) is 0 Å². The molecule has 0 aromatic heterocycles. The second kappa shape index (κ2) is 3.02. The van der Waals surface area contributed by atoms with Gasteiger partial charge in [0.25, 0.3) is 0 Å². The summed E-state index contributed by atoms with van der Waals surface area (Å²) in [6.07, 6.45) is 5.83. The van der Waals surface area contributed by atoms with Crippen molar-refractivity contribution in [2.75, 3.05) is 0 Å². The molecule has 1 saturated carbocycles. The van der Waals surface area contributed by atoms with E-state index < -0.39 is 0 Å². The van der Waals surface area contributed by atoms with Gasteiger partial charge >= 0.3 is 0 Å². The van der Waals surface area contributed by atoms with Gasteiger partial charge in [-0.15, -0.1) is 6.58 Å². The molecule has 0 radical (unpaired) electrons. The Morgan fingerprint density at radius 2 is 2.42 bits per heavy atom. The monoisotopic (exact) mass is 166 g/mol. The largest absolute Gasteiger partial charge is 0.370 e. The van der Waals surface area contributed by atoms with Crippen LogP contribution in [0.5, 0.6) is 0 Å². The van der Waals surface area contributed by atoms with Crippen LogP contribution in [0.1, 0.15) is 25.7 Å². The van der Waals surface area contributed by atoms with Crippen LogP contribution in [0.4, 0.5) is 0 Å². The first-order valence-electron chi connectivity index (χ1n) is 4.62. The topological polar surface area (TPSA) is 26.3 Å². The van der Waals surface area contributed by atoms with Crippen LogP contribution in [0, 0.1) is 5.92 Å². The number of fused-ring (bicyclic) bond motifs is 1. The smallest absolute Gasteiger partial charge is 0.138 e. The molecule has 1 aliphatic heterocycles. The Balaban J connectivity index is 2.08. The molecule has 0 N–H and O–H groups in total. The molecule has 1 saturated heterocycles. The maximum atomic E-state index is 11.4. The molecular weight excluding hydrogens is 152 g/mol. The summed E-state index contributed by atoms with van der Waals surface area (Å²) in [6.45, 7) is 3.69. The van der Waals surface area contributed by atoms with Crippen molar-refractivity contribution < 1.29 is 9.53 Å². The Bertz CT molecular complexity index is 210. The minimum absolute atomic E-state index is 0.127. The van der Waals surface area contributed by atoms with Gasteiger partial charge in [-0.2, -0.15) is 0 Å². The average molecular weight is 166 g/mol. The zero-order valence-electron chi connectivity index (χ0n) is 7.16. The molecule has 66 valence electrons. The van der Waals surface area contributed by atoms with Crippen LogP contribution in [-0.2, 0) is 9.53 Å². The van der Waals surface area contributed by atoms with E-state index in [2.05, 4.69) is 6.58 Å². The van der Waals surface area contributed by atoms with Gasteiger partial charge in [0.2, 0.25) is 0 Å². The van der Waals surface area contributed by atoms with Crippen molar-refractivity contribution >= 4 is 5.78 Å². The highest BCUT2D eigenvalue weighted by atomic mass is 16.5. The number of carbonyl (C=O) groups excluding carboxylic acids is 1. The number of rotatable bonds is 1. The predicted octanol–water partition coefficient (Wildman–Crippen LogP) is 1.70. The fraction of sp³-hybridized carbons (Fsp3) is 0.700. The van der Waals surface area contributed by atoms with Crippen LogP contribution in [0.15, 0.2) is 12.7 Å². The van der Waals surface area contributed by atoms with Gasteiger partial charge in [0, 0.05) is 12.3 Å². The molecule has 0 amide bonds. The van der Waals surface area contributed by atoms with Crippen LogP contribution in [0.3, 0.4) is 0 Å². The summed E-state index contributed by atoms with van der Waals surface area (Å²) in [5.41, 5.74) is 0. The van der Waals surface area contributed by atoms with Gasteiger partial charge in [0.15, 0.2) is 0 Å². The van der Waals surface area contributed by atoms with Gasteiger partial charge in [-0.3, -0.25) is 4.79 Å². The van der Waals surface area contributed by atoms with E-state index in [1.165, 1.54) is 0 Å². The fourth-order valence-electron chi connectivity index (χ4n) is 2.20. The number of ketones is 1. The van der Waals surface area contributed by atoms with Crippen molar-refractivity contribution in [3.8, 4) is 0 Å². The minimum atomic E-state index is 0.127. The lowest BCUT2D eigenvalue weighted by molar-refractivity contribution is -0.127. The number of hydrogen-bond donors (Lipinski definition) is 0. The molecule has 1 heterocycles. The fourth-order valence-corrected chi connectivity index (χ4v) is 2.20. The lowest BCUT2D eigenvalue weighted by Gasteiger charge is -2.21. The summed E-state index contributed by atoms with van der Waals surface area (Å²) in [5, 5.41) is 0. The highest BCUT2D eigenvalue weighted by Crippen LogP contribution is 2.35. The van der Waals surface area contributed by atoms with Gasteiger partial charge in [-0.25, -0.2) is 0 Å². The molecule has 0 spiro atoms. The van der Waals surface area contributed by atoms with E-state index in [0.717, 1.165) is 25.7 Å². The van der Waals surface area contributed by atoms with E-state index in [1.807, 2.05) is 6.08 Å². The molecule has 3 unspecified atom stereocenters. The number of hydrogen-bond acceptors (Lipinski definition) is 2. The van der Waals surface area contributed by atoms with Crippen molar-refractivity contribution in [1.29, 1.82) is 0 Å². The molecule has 0 aromatic rings. The van der Waals surface area contributed by atoms with Gasteiger partial charge in [0.05, 0.1) is 12.2 Å². The van der Waals surface area contributed by atoms with E-state index in [1.54, 1.807) is 0 Å². The maximum Gasteiger partial charge on any atom is 0.138 e. The molecule has 12 heavy (non-hydrogen) atoms. The van der Waals surface area contributed by atoms with Gasteiger partial charge in [-0.05, 0) is 19.3 Å². The Morgan fingerprint density at radius 3 is 3.08 bits per heavy atom. The molecule has 0 bridgehead atoms. The first-order valence-corrected chi connectivity index (χ1v) is 4.62. The van der Waals surface area contributed by atoms with Gasteiger partial charge in [-0.1, -0.05) is 6.08 Å². The molecule has 2 rings (SSSR count). The van der Waals surface area contributed by atoms with Crippen molar-refractivity contribution in [1.82, 2.24) is 0 Å². The van der Waals surface area contributed by atoms with Crippen LogP contribution < -0.4 is 0 Å². The first-order chi connectivity index (χ1) is 5.81. The number of ether oxygens (including phenoxy) is 1. The number of carbonyl (C=O) groups is 1. The van der Waals surface area contributed by atoms with Crippen molar-refractivity contribution in [3.63, 3.8) is 0 Å². The summed E-state index contributed by atoms with van der Waals surface area (Å²) < 4.78 is 5.65. The summed E-state index contributed by atoms with van der Waals surface area (Å²) >= 11 is 0. The molecule has 0 aromatic carbocycles. The first kappa shape index (κ1) is 7.99. The Labute approximate surface area is 72.6 Å². The molecule has 2 heteroatoms. The average Bonchev–Trinajstić information content (AvgIpc) is 2.49. The Kier molecular flexibility index (Phi) is 2.01. The predicted molar refractivity (Wildman–Crippen MR) is 45.8 cm³/mol. The second-order valence-corrected chi connectivity index (χ2v) is 3.65. The minimum Gasteiger partial charge on any atom is -0.370 e. The number of Topliss-reactive ketones (excluding diaryl/α,β-unsaturated/α-hetero) is 1. The molecule has 2 aliphatic rings. The highest BCUT2D eigenvalue weighted by Gasteiger charge is 2.40. The Hall–Kier alpha value is -0.630. The van der Waals surface area contributed by atoms with Gasteiger partial charge < -0.3 is 4.74 Å². The van der Waals surface area contributed by atoms with Crippen LogP contribution >= 0.6 is 0 Å². The van der Waals surface area contributed by atoms with E-state index in [4.69, 9.17) is 4.74 Å². The van der Waals surface area contributed by atoms with Crippen molar-refractivity contribution in [3.05, 3.63) is 12.7 Å². The zero-order chi connectivity index (χ0) is 8.55. The maximum absolute atomic E-state index is 11.4. The normalized spacial score (nSPS) is 41.0. The van der Waals surface area contributed by atoms with E-state index in [9.17, 15) is 4.79 Å². The highest BCUT2D eigenvalue weighted by molar-refractivity contribution is 5.82. The third-order valence-corrected chi connectivity index (χ3v) is 2.87. The lowest BCUT2D eigenvalue weighted by Crippen LogP contribution is -2.28. The van der Waals surface area contributed by atoms with Crippen molar-refractivity contribution in [2.24, 2.45) is 5.92 Å². The van der Waals surface area contributed by atoms with E-state index in [-0.39, 0.29) is 18.1 Å². The SMILES string of the molecule is C=CC1CC2C(=O)CCCC2O1.